The zero-order chi connectivity index (χ0) is 13.0. The van der Waals surface area contributed by atoms with E-state index in [4.69, 9.17) is 0 Å². The minimum Gasteiger partial charge on any atom is -0.508 e. The zero-order valence-corrected chi connectivity index (χ0v) is 11.1. The molecule has 18 heavy (non-hydrogen) atoms. The number of aromatic hydroxyl groups is 1. The minimum absolute atomic E-state index is 0.363. The second-order valence-electron chi connectivity index (χ2n) is 4.81. The Balaban J connectivity index is 2.39. The maximum absolute atomic E-state index is 9.85. The molecule has 0 fully saturated rings. The summed E-state index contributed by atoms with van der Waals surface area (Å²) in [6, 6.07) is 14.2. The molecule has 0 spiro atoms. The number of hydrogen-bond donors (Lipinski definition) is 1. The lowest BCUT2D eigenvalue weighted by atomic mass is 9.97. The van der Waals surface area contributed by atoms with Gasteiger partial charge in [0, 0.05) is 0 Å². The standard InChI is InChI=1S/C17H20O/c1-3-4-8-14-10-15(12-16(18)11-14)17-9-6-5-7-13(17)2/h5-7,9-12,18H,3-4,8H2,1-2H3. The lowest BCUT2D eigenvalue weighted by molar-refractivity contribution is 0.474. The average Bonchev–Trinajstić information content (AvgIpc) is 2.36. The van der Waals surface area contributed by atoms with Gasteiger partial charge >= 0.3 is 0 Å². The summed E-state index contributed by atoms with van der Waals surface area (Å²) in [5, 5.41) is 9.85. The summed E-state index contributed by atoms with van der Waals surface area (Å²) in [5.41, 5.74) is 4.77. The Morgan fingerprint density at radius 1 is 1.06 bits per heavy atom. The van der Waals surface area contributed by atoms with E-state index in [2.05, 4.69) is 32.0 Å². The van der Waals surface area contributed by atoms with E-state index < -0.39 is 0 Å². The quantitative estimate of drug-likeness (QED) is 0.820. The Morgan fingerprint density at radius 2 is 1.83 bits per heavy atom. The highest BCUT2D eigenvalue weighted by molar-refractivity contribution is 5.69. The first-order valence-corrected chi connectivity index (χ1v) is 6.59. The molecule has 0 heterocycles. The van der Waals surface area contributed by atoms with Gasteiger partial charge < -0.3 is 5.11 Å². The summed E-state index contributed by atoms with van der Waals surface area (Å²) in [4.78, 5) is 0. The normalized spacial score (nSPS) is 10.6. The van der Waals surface area contributed by atoms with Gasteiger partial charge in [-0.25, -0.2) is 0 Å². The monoisotopic (exact) mass is 240 g/mol. The summed E-state index contributed by atoms with van der Waals surface area (Å²) in [5.74, 6) is 0.363. The van der Waals surface area contributed by atoms with Crippen LogP contribution < -0.4 is 0 Å². The first kappa shape index (κ1) is 12.7. The molecule has 0 saturated heterocycles. The first-order chi connectivity index (χ1) is 8.70. The summed E-state index contributed by atoms with van der Waals surface area (Å²) >= 11 is 0. The minimum atomic E-state index is 0.363. The molecule has 0 radical (unpaired) electrons. The smallest absolute Gasteiger partial charge is 0.116 e. The summed E-state index contributed by atoms with van der Waals surface area (Å²) < 4.78 is 0. The van der Waals surface area contributed by atoms with Gasteiger partial charge in [0.15, 0.2) is 0 Å². The molecule has 0 aliphatic rings. The fourth-order valence-corrected chi connectivity index (χ4v) is 2.25. The van der Waals surface area contributed by atoms with Crippen LogP contribution >= 0.6 is 0 Å². The number of aryl methyl sites for hydroxylation is 2. The van der Waals surface area contributed by atoms with E-state index in [1.54, 1.807) is 0 Å². The van der Waals surface area contributed by atoms with Crippen molar-refractivity contribution in [3.63, 3.8) is 0 Å². The zero-order valence-electron chi connectivity index (χ0n) is 11.1. The van der Waals surface area contributed by atoms with Crippen LogP contribution in [0.5, 0.6) is 5.75 Å². The Morgan fingerprint density at radius 3 is 2.56 bits per heavy atom. The Bertz CT molecular complexity index is 529. The van der Waals surface area contributed by atoms with Crippen LogP contribution in [0.1, 0.15) is 30.9 Å². The largest absolute Gasteiger partial charge is 0.508 e. The van der Waals surface area contributed by atoms with E-state index in [9.17, 15) is 5.11 Å². The van der Waals surface area contributed by atoms with Gasteiger partial charge in [-0.15, -0.1) is 0 Å². The number of phenolic OH excluding ortho intramolecular Hbond substituents is 1. The molecule has 94 valence electrons. The molecule has 2 aromatic rings. The maximum atomic E-state index is 9.85. The molecule has 0 amide bonds. The van der Waals surface area contributed by atoms with Crippen LogP contribution in [0.3, 0.4) is 0 Å². The average molecular weight is 240 g/mol. The number of phenols is 1. The van der Waals surface area contributed by atoms with E-state index >= 15 is 0 Å². The molecular formula is C17H20O. The molecule has 0 bridgehead atoms. The molecular weight excluding hydrogens is 220 g/mol. The molecule has 1 heteroatoms. The third kappa shape index (κ3) is 2.92. The molecule has 1 nitrogen and oxygen atoms in total. The molecule has 0 aliphatic heterocycles. The third-order valence-corrected chi connectivity index (χ3v) is 3.25. The SMILES string of the molecule is CCCCc1cc(O)cc(-c2ccccc2C)c1. The van der Waals surface area contributed by atoms with Crippen molar-refractivity contribution in [3.8, 4) is 16.9 Å². The fourth-order valence-electron chi connectivity index (χ4n) is 2.25. The van der Waals surface area contributed by atoms with Crippen LogP contribution in [0.15, 0.2) is 42.5 Å². The third-order valence-electron chi connectivity index (χ3n) is 3.25. The molecule has 0 atom stereocenters. The maximum Gasteiger partial charge on any atom is 0.116 e. The van der Waals surface area contributed by atoms with E-state index in [-0.39, 0.29) is 0 Å². The van der Waals surface area contributed by atoms with Crippen molar-refractivity contribution in [2.75, 3.05) is 0 Å². The van der Waals surface area contributed by atoms with Crippen molar-refractivity contribution in [1.29, 1.82) is 0 Å². The second kappa shape index (κ2) is 5.72. The molecule has 1 N–H and O–H groups in total. The predicted molar refractivity (Wildman–Crippen MR) is 76.9 cm³/mol. The number of unbranched alkanes of at least 4 members (excludes halogenated alkanes) is 1. The van der Waals surface area contributed by atoms with Gasteiger partial charge in [-0.2, -0.15) is 0 Å². The van der Waals surface area contributed by atoms with Crippen LogP contribution in [0.25, 0.3) is 11.1 Å². The predicted octanol–water partition coefficient (Wildman–Crippen LogP) is 4.71. The fraction of sp³-hybridized carbons (Fsp3) is 0.294. The highest BCUT2D eigenvalue weighted by Gasteiger charge is 2.04. The van der Waals surface area contributed by atoms with Gasteiger partial charge in [0.05, 0.1) is 0 Å². The van der Waals surface area contributed by atoms with Crippen molar-refractivity contribution in [1.82, 2.24) is 0 Å². The van der Waals surface area contributed by atoms with Crippen molar-refractivity contribution < 1.29 is 5.11 Å². The molecule has 0 saturated carbocycles. The van der Waals surface area contributed by atoms with Gasteiger partial charge in [-0.1, -0.05) is 43.7 Å². The number of rotatable bonds is 4. The Labute approximate surface area is 109 Å². The van der Waals surface area contributed by atoms with Crippen LogP contribution in [0.2, 0.25) is 0 Å². The van der Waals surface area contributed by atoms with Crippen LogP contribution in [0.4, 0.5) is 0 Å². The second-order valence-corrected chi connectivity index (χ2v) is 4.81. The van der Waals surface area contributed by atoms with Crippen molar-refractivity contribution in [2.24, 2.45) is 0 Å². The molecule has 0 unspecified atom stereocenters. The van der Waals surface area contributed by atoms with Gasteiger partial charge in [-0.05, 0) is 54.2 Å². The van der Waals surface area contributed by atoms with E-state index in [1.807, 2.05) is 24.3 Å². The Hall–Kier alpha value is -1.76. The molecule has 0 aliphatic carbocycles. The van der Waals surface area contributed by atoms with E-state index in [1.165, 1.54) is 23.1 Å². The lowest BCUT2D eigenvalue weighted by Gasteiger charge is -2.09. The Kier molecular flexibility index (Phi) is 4.03. The highest BCUT2D eigenvalue weighted by atomic mass is 16.3. The van der Waals surface area contributed by atoms with Crippen molar-refractivity contribution in [2.45, 2.75) is 33.1 Å². The van der Waals surface area contributed by atoms with Crippen LogP contribution in [-0.2, 0) is 6.42 Å². The molecule has 0 aromatic heterocycles. The van der Waals surface area contributed by atoms with E-state index in [0.717, 1.165) is 18.4 Å². The summed E-state index contributed by atoms with van der Waals surface area (Å²) in [6.45, 7) is 4.29. The van der Waals surface area contributed by atoms with Gasteiger partial charge in [-0.3, -0.25) is 0 Å². The van der Waals surface area contributed by atoms with Gasteiger partial charge in [0.1, 0.15) is 5.75 Å². The number of hydrogen-bond acceptors (Lipinski definition) is 1. The van der Waals surface area contributed by atoms with Gasteiger partial charge in [0.25, 0.3) is 0 Å². The lowest BCUT2D eigenvalue weighted by Crippen LogP contribution is -1.88. The number of benzene rings is 2. The topological polar surface area (TPSA) is 20.2 Å². The summed E-state index contributed by atoms with van der Waals surface area (Å²) in [6.07, 6.45) is 3.37. The van der Waals surface area contributed by atoms with Crippen LogP contribution in [-0.4, -0.2) is 5.11 Å². The van der Waals surface area contributed by atoms with Crippen LogP contribution in [0, 0.1) is 6.92 Å². The van der Waals surface area contributed by atoms with E-state index in [0.29, 0.717) is 5.75 Å². The summed E-state index contributed by atoms with van der Waals surface area (Å²) in [7, 11) is 0. The van der Waals surface area contributed by atoms with Crippen molar-refractivity contribution in [3.05, 3.63) is 53.6 Å². The van der Waals surface area contributed by atoms with Gasteiger partial charge in [0.2, 0.25) is 0 Å². The first-order valence-electron chi connectivity index (χ1n) is 6.59. The highest BCUT2D eigenvalue weighted by Crippen LogP contribution is 2.28. The molecule has 2 rings (SSSR count). The van der Waals surface area contributed by atoms with Crippen molar-refractivity contribution >= 4 is 0 Å². The molecule has 2 aromatic carbocycles.